The SMILES string of the molecule is N#CC(C#N)=C1CC[C@H](Br)C(=O)C1. The molecule has 1 saturated carbocycles. The molecule has 0 bridgehead atoms. The molecule has 0 aliphatic heterocycles. The first kappa shape index (κ1) is 9.95. The lowest BCUT2D eigenvalue weighted by Crippen LogP contribution is -2.20. The Morgan fingerprint density at radius 1 is 1.46 bits per heavy atom. The van der Waals surface area contributed by atoms with Crippen LogP contribution in [0.1, 0.15) is 19.3 Å². The molecule has 0 saturated heterocycles. The summed E-state index contributed by atoms with van der Waals surface area (Å²) in [6, 6.07) is 3.62. The topological polar surface area (TPSA) is 64.7 Å². The van der Waals surface area contributed by atoms with Gasteiger partial charge in [0, 0.05) is 6.42 Å². The predicted molar refractivity (Wildman–Crippen MR) is 49.8 cm³/mol. The number of carbonyl (C=O) groups excluding carboxylic acids is 1. The maximum absolute atomic E-state index is 11.2. The smallest absolute Gasteiger partial charge is 0.150 e. The number of Topliss-reactive ketones (excluding diaryl/α,β-unsaturated/α-hetero) is 1. The van der Waals surface area contributed by atoms with Crippen LogP contribution in [0.15, 0.2) is 11.1 Å². The normalized spacial score (nSPS) is 21.9. The highest BCUT2D eigenvalue weighted by atomic mass is 79.9. The predicted octanol–water partition coefficient (Wildman–Crippen LogP) is 1.85. The van der Waals surface area contributed by atoms with Crippen LogP contribution in [0.5, 0.6) is 0 Å². The van der Waals surface area contributed by atoms with E-state index < -0.39 is 0 Å². The zero-order valence-corrected chi connectivity index (χ0v) is 8.47. The fourth-order valence-electron chi connectivity index (χ4n) is 1.27. The number of halogens is 1. The van der Waals surface area contributed by atoms with Crippen molar-refractivity contribution in [1.82, 2.24) is 0 Å². The van der Waals surface area contributed by atoms with Crippen LogP contribution < -0.4 is 0 Å². The molecule has 0 amide bonds. The van der Waals surface area contributed by atoms with E-state index in [9.17, 15) is 4.79 Å². The lowest BCUT2D eigenvalue weighted by atomic mass is 9.91. The van der Waals surface area contributed by atoms with Gasteiger partial charge >= 0.3 is 0 Å². The number of carbonyl (C=O) groups is 1. The van der Waals surface area contributed by atoms with Gasteiger partial charge in [-0.1, -0.05) is 15.9 Å². The van der Waals surface area contributed by atoms with Crippen LogP contribution in [0, 0.1) is 22.7 Å². The highest BCUT2D eigenvalue weighted by Crippen LogP contribution is 2.27. The monoisotopic (exact) mass is 238 g/mol. The second kappa shape index (κ2) is 4.20. The van der Waals surface area contributed by atoms with Gasteiger partial charge in [-0.05, 0) is 18.4 Å². The first-order chi connectivity index (χ1) is 6.19. The summed E-state index contributed by atoms with van der Waals surface area (Å²) in [7, 11) is 0. The molecule has 1 aliphatic carbocycles. The minimum Gasteiger partial charge on any atom is -0.298 e. The van der Waals surface area contributed by atoms with E-state index in [1.807, 2.05) is 12.1 Å². The molecule has 1 aliphatic rings. The van der Waals surface area contributed by atoms with Crippen molar-refractivity contribution in [3.63, 3.8) is 0 Å². The van der Waals surface area contributed by atoms with Crippen molar-refractivity contribution in [2.45, 2.75) is 24.1 Å². The van der Waals surface area contributed by atoms with Crippen LogP contribution in [0.2, 0.25) is 0 Å². The van der Waals surface area contributed by atoms with Crippen molar-refractivity contribution in [2.75, 3.05) is 0 Å². The van der Waals surface area contributed by atoms with Crippen LogP contribution in [0.25, 0.3) is 0 Å². The first-order valence-electron chi connectivity index (χ1n) is 3.88. The molecule has 4 heteroatoms. The molecular weight excluding hydrogens is 232 g/mol. The van der Waals surface area contributed by atoms with Gasteiger partial charge in [0.05, 0.1) is 4.83 Å². The Bertz CT molecular complexity index is 330. The average Bonchev–Trinajstić information content (AvgIpc) is 2.13. The summed E-state index contributed by atoms with van der Waals surface area (Å²) in [6.07, 6.45) is 1.59. The number of alkyl halides is 1. The van der Waals surface area contributed by atoms with Crippen LogP contribution >= 0.6 is 15.9 Å². The molecule has 0 N–H and O–H groups in total. The van der Waals surface area contributed by atoms with Gasteiger partial charge in [0.25, 0.3) is 0 Å². The third kappa shape index (κ3) is 2.17. The van der Waals surface area contributed by atoms with Crippen LogP contribution in [-0.2, 0) is 4.79 Å². The minimum absolute atomic E-state index is 0.0595. The van der Waals surface area contributed by atoms with Crippen molar-refractivity contribution in [1.29, 1.82) is 10.5 Å². The molecule has 13 heavy (non-hydrogen) atoms. The van der Waals surface area contributed by atoms with Crippen molar-refractivity contribution >= 4 is 21.7 Å². The maximum atomic E-state index is 11.2. The molecule has 0 radical (unpaired) electrons. The molecule has 1 fully saturated rings. The number of hydrogen-bond donors (Lipinski definition) is 0. The Balaban J connectivity index is 2.89. The highest BCUT2D eigenvalue weighted by molar-refractivity contribution is 9.10. The largest absolute Gasteiger partial charge is 0.298 e. The lowest BCUT2D eigenvalue weighted by molar-refractivity contribution is -0.118. The molecule has 0 aromatic heterocycles. The Hall–Kier alpha value is -1.13. The summed E-state index contributed by atoms with van der Waals surface area (Å²) in [5, 5.41) is 17.2. The van der Waals surface area contributed by atoms with Crippen molar-refractivity contribution in [2.24, 2.45) is 0 Å². The molecular formula is C9H7BrN2O. The van der Waals surface area contributed by atoms with Gasteiger partial charge in [0.1, 0.15) is 17.7 Å². The molecule has 66 valence electrons. The van der Waals surface area contributed by atoms with E-state index in [-0.39, 0.29) is 22.6 Å². The van der Waals surface area contributed by atoms with E-state index in [1.54, 1.807) is 0 Å². The number of rotatable bonds is 0. The third-order valence-corrected chi connectivity index (χ3v) is 2.98. The quantitative estimate of drug-likeness (QED) is 0.478. The minimum atomic E-state index is -0.102. The molecule has 0 unspecified atom stereocenters. The van der Waals surface area contributed by atoms with Gasteiger partial charge in [-0.3, -0.25) is 4.79 Å². The summed E-state index contributed by atoms with van der Waals surface area (Å²) < 4.78 is 0. The fourth-order valence-corrected chi connectivity index (χ4v) is 1.66. The van der Waals surface area contributed by atoms with Crippen molar-refractivity contribution in [3.05, 3.63) is 11.1 Å². The van der Waals surface area contributed by atoms with Gasteiger partial charge in [-0.25, -0.2) is 0 Å². The molecule has 0 aromatic rings. The van der Waals surface area contributed by atoms with E-state index >= 15 is 0 Å². The molecule has 0 heterocycles. The summed E-state index contributed by atoms with van der Waals surface area (Å²) in [4.78, 5) is 11.1. The van der Waals surface area contributed by atoms with Gasteiger partial charge < -0.3 is 0 Å². The Morgan fingerprint density at radius 3 is 2.54 bits per heavy atom. The second-order valence-electron chi connectivity index (χ2n) is 2.85. The van der Waals surface area contributed by atoms with Crippen LogP contribution in [0.4, 0.5) is 0 Å². The van der Waals surface area contributed by atoms with Gasteiger partial charge in [0.15, 0.2) is 5.78 Å². The van der Waals surface area contributed by atoms with E-state index in [1.165, 1.54) is 0 Å². The third-order valence-electron chi connectivity index (χ3n) is 2.01. The van der Waals surface area contributed by atoms with E-state index in [4.69, 9.17) is 10.5 Å². The summed E-state index contributed by atoms with van der Waals surface area (Å²) >= 11 is 3.24. The van der Waals surface area contributed by atoms with E-state index in [2.05, 4.69) is 15.9 Å². The van der Waals surface area contributed by atoms with Gasteiger partial charge in [-0.2, -0.15) is 10.5 Å². The summed E-state index contributed by atoms with van der Waals surface area (Å²) in [5.74, 6) is 0.0595. The summed E-state index contributed by atoms with van der Waals surface area (Å²) in [6.45, 7) is 0. The van der Waals surface area contributed by atoms with E-state index in [0.29, 0.717) is 18.4 Å². The number of nitrogens with zero attached hydrogens (tertiary/aromatic N) is 2. The Labute approximate surface area is 84.8 Å². The standard InChI is InChI=1S/C9H7BrN2O/c10-8-2-1-6(3-9(8)13)7(4-11)5-12/h8H,1-3H2/t8-/m0/s1. The fraction of sp³-hybridized carbons (Fsp3) is 0.444. The first-order valence-corrected chi connectivity index (χ1v) is 4.79. The molecule has 1 rings (SSSR count). The zero-order chi connectivity index (χ0) is 9.84. The van der Waals surface area contributed by atoms with E-state index in [0.717, 1.165) is 0 Å². The lowest BCUT2D eigenvalue weighted by Gasteiger charge is -2.17. The van der Waals surface area contributed by atoms with Crippen molar-refractivity contribution in [3.8, 4) is 12.1 Å². The van der Waals surface area contributed by atoms with Crippen LogP contribution in [-0.4, -0.2) is 10.6 Å². The zero-order valence-electron chi connectivity index (χ0n) is 6.88. The van der Waals surface area contributed by atoms with Crippen molar-refractivity contribution < 1.29 is 4.79 Å². The molecule has 0 aromatic carbocycles. The highest BCUT2D eigenvalue weighted by Gasteiger charge is 2.24. The Morgan fingerprint density at radius 2 is 2.08 bits per heavy atom. The second-order valence-corrected chi connectivity index (χ2v) is 3.96. The maximum Gasteiger partial charge on any atom is 0.150 e. The number of nitriles is 2. The molecule has 0 spiro atoms. The van der Waals surface area contributed by atoms with Crippen LogP contribution in [0.3, 0.4) is 0 Å². The van der Waals surface area contributed by atoms with Gasteiger partial charge in [0.2, 0.25) is 0 Å². The summed E-state index contributed by atoms with van der Waals surface area (Å²) in [5.41, 5.74) is 0.790. The Kier molecular flexibility index (Phi) is 3.22. The molecule has 1 atom stereocenters. The van der Waals surface area contributed by atoms with Gasteiger partial charge in [-0.15, -0.1) is 0 Å². The molecule has 3 nitrogen and oxygen atoms in total. The number of hydrogen-bond acceptors (Lipinski definition) is 3. The average molecular weight is 239 g/mol. The number of ketones is 1. The number of allylic oxidation sites excluding steroid dienone is 2.